The maximum atomic E-state index is 12.2. The van der Waals surface area contributed by atoms with Gasteiger partial charge >= 0.3 is 0 Å². The summed E-state index contributed by atoms with van der Waals surface area (Å²) in [5.74, 6) is 1.39. The topological polar surface area (TPSA) is 67.5 Å². The summed E-state index contributed by atoms with van der Waals surface area (Å²) in [5.41, 5.74) is 1.43. The largest absolute Gasteiger partial charge is 0.494 e. The van der Waals surface area contributed by atoms with Gasteiger partial charge < -0.3 is 14.5 Å². The second-order valence-corrected chi connectivity index (χ2v) is 6.61. The number of nitrogens with zero attached hydrogens (tertiary/aromatic N) is 2. The lowest BCUT2D eigenvalue weighted by Crippen LogP contribution is -2.37. The van der Waals surface area contributed by atoms with Crippen LogP contribution in [0.4, 0.5) is 0 Å². The van der Waals surface area contributed by atoms with E-state index in [9.17, 15) is 4.79 Å². The molecule has 0 saturated carbocycles. The number of ether oxygens (including phenoxy) is 2. The highest BCUT2D eigenvalue weighted by Crippen LogP contribution is 2.20. The highest BCUT2D eigenvalue weighted by Gasteiger charge is 2.09. The summed E-state index contributed by atoms with van der Waals surface area (Å²) in [4.78, 5) is 22.0. The van der Waals surface area contributed by atoms with Crippen LogP contribution >= 0.6 is 0 Å². The van der Waals surface area contributed by atoms with Crippen LogP contribution in [-0.4, -0.2) is 54.3 Å². The summed E-state index contributed by atoms with van der Waals surface area (Å²) < 4.78 is 11.2. The molecule has 2 aromatic carbocycles. The molecule has 140 valence electrons. The molecule has 0 spiro atoms. The molecule has 0 atom stereocenters. The lowest BCUT2D eigenvalue weighted by atomic mass is 10.2. The molecule has 1 aromatic heterocycles. The van der Waals surface area contributed by atoms with Gasteiger partial charge in [0.25, 0.3) is 5.56 Å². The maximum absolute atomic E-state index is 12.2. The average molecular weight is 365 g/mol. The molecule has 27 heavy (non-hydrogen) atoms. The Morgan fingerprint density at radius 2 is 1.85 bits per heavy atom. The fourth-order valence-corrected chi connectivity index (χ4v) is 3.24. The molecule has 1 N–H and O–H groups in total. The van der Waals surface area contributed by atoms with Crippen LogP contribution in [0.1, 0.15) is 6.42 Å². The zero-order valence-corrected chi connectivity index (χ0v) is 15.2. The van der Waals surface area contributed by atoms with Gasteiger partial charge in [-0.15, -0.1) is 0 Å². The second-order valence-electron chi connectivity index (χ2n) is 6.61. The number of nitrogens with one attached hydrogen (secondary N) is 1. The number of para-hydroxylation sites is 1. The smallest absolute Gasteiger partial charge is 0.259 e. The lowest BCUT2D eigenvalue weighted by Gasteiger charge is -2.26. The van der Waals surface area contributed by atoms with Crippen LogP contribution in [0.2, 0.25) is 0 Å². The SMILES string of the molecule is O=c1[nH]c(-c2ccc(OCCCN3CCOCC3)cc2)nc2ccccc12. The monoisotopic (exact) mass is 365 g/mol. The van der Waals surface area contributed by atoms with Crippen molar-refractivity contribution in [3.05, 3.63) is 58.9 Å². The number of rotatable bonds is 6. The van der Waals surface area contributed by atoms with Crippen LogP contribution in [0.25, 0.3) is 22.3 Å². The van der Waals surface area contributed by atoms with E-state index >= 15 is 0 Å². The molecule has 1 aliphatic rings. The van der Waals surface area contributed by atoms with Crippen LogP contribution in [0, 0.1) is 0 Å². The zero-order chi connectivity index (χ0) is 18.5. The van der Waals surface area contributed by atoms with Gasteiger partial charge in [0.2, 0.25) is 0 Å². The van der Waals surface area contributed by atoms with Crippen LogP contribution < -0.4 is 10.3 Å². The van der Waals surface area contributed by atoms with Crippen molar-refractivity contribution >= 4 is 10.9 Å². The Labute approximate surface area is 157 Å². The average Bonchev–Trinajstić information content (AvgIpc) is 2.72. The minimum atomic E-state index is -0.126. The van der Waals surface area contributed by atoms with Gasteiger partial charge in [-0.25, -0.2) is 4.98 Å². The van der Waals surface area contributed by atoms with E-state index in [1.54, 1.807) is 6.07 Å². The van der Waals surface area contributed by atoms with Crippen molar-refractivity contribution in [2.24, 2.45) is 0 Å². The predicted octanol–water partition coefficient (Wildman–Crippen LogP) is 2.69. The van der Waals surface area contributed by atoms with Crippen molar-refractivity contribution in [1.29, 1.82) is 0 Å². The van der Waals surface area contributed by atoms with E-state index in [1.807, 2.05) is 42.5 Å². The molecule has 4 rings (SSSR count). The van der Waals surface area contributed by atoms with Gasteiger partial charge in [-0.3, -0.25) is 9.69 Å². The van der Waals surface area contributed by atoms with Crippen LogP contribution in [0.15, 0.2) is 53.3 Å². The van der Waals surface area contributed by atoms with E-state index in [1.165, 1.54) is 0 Å². The first-order chi connectivity index (χ1) is 13.3. The Balaban J connectivity index is 1.36. The fraction of sp³-hybridized carbons (Fsp3) is 0.333. The number of benzene rings is 2. The van der Waals surface area contributed by atoms with E-state index in [0.29, 0.717) is 23.3 Å². The molecule has 2 heterocycles. The summed E-state index contributed by atoms with van der Waals surface area (Å²) in [5, 5.41) is 0.599. The molecular weight excluding hydrogens is 342 g/mol. The van der Waals surface area contributed by atoms with E-state index in [4.69, 9.17) is 9.47 Å². The fourth-order valence-electron chi connectivity index (χ4n) is 3.24. The first kappa shape index (κ1) is 17.7. The molecule has 3 aromatic rings. The zero-order valence-electron chi connectivity index (χ0n) is 15.2. The summed E-state index contributed by atoms with van der Waals surface area (Å²) in [7, 11) is 0. The Bertz CT molecular complexity index is 947. The molecule has 6 heteroatoms. The number of fused-ring (bicyclic) bond motifs is 1. The Morgan fingerprint density at radius 3 is 2.67 bits per heavy atom. The van der Waals surface area contributed by atoms with Gasteiger partial charge in [-0.1, -0.05) is 12.1 Å². The summed E-state index contributed by atoms with van der Waals surface area (Å²) in [6.07, 6.45) is 0.987. The molecular formula is C21H23N3O3. The van der Waals surface area contributed by atoms with Gasteiger partial charge in [-0.05, 0) is 42.8 Å². The Kier molecular flexibility index (Phi) is 5.46. The van der Waals surface area contributed by atoms with Crippen molar-refractivity contribution < 1.29 is 9.47 Å². The molecule has 0 aliphatic carbocycles. The van der Waals surface area contributed by atoms with Crippen LogP contribution in [0.3, 0.4) is 0 Å². The molecule has 0 radical (unpaired) electrons. The van der Waals surface area contributed by atoms with Gasteiger partial charge in [-0.2, -0.15) is 0 Å². The second kappa shape index (κ2) is 8.33. The predicted molar refractivity (Wildman–Crippen MR) is 105 cm³/mol. The van der Waals surface area contributed by atoms with Crippen molar-refractivity contribution in [2.75, 3.05) is 39.5 Å². The highest BCUT2D eigenvalue weighted by atomic mass is 16.5. The Hall–Kier alpha value is -2.70. The third kappa shape index (κ3) is 4.35. The number of hydrogen-bond donors (Lipinski definition) is 1. The van der Waals surface area contributed by atoms with Crippen molar-refractivity contribution in [3.8, 4) is 17.1 Å². The molecule has 0 bridgehead atoms. The summed E-state index contributed by atoms with van der Waals surface area (Å²) in [6.45, 7) is 5.38. The molecule has 0 amide bonds. The standard InChI is InChI=1S/C21H23N3O3/c25-21-18-4-1-2-5-19(18)22-20(23-21)16-6-8-17(9-7-16)27-13-3-10-24-11-14-26-15-12-24/h1-2,4-9H,3,10-15H2,(H,22,23,25). The molecule has 1 saturated heterocycles. The third-order valence-corrected chi connectivity index (χ3v) is 4.73. The molecule has 1 aliphatic heterocycles. The van der Waals surface area contributed by atoms with Gasteiger partial charge in [0.15, 0.2) is 0 Å². The molecule has 1 fully saturated rings. The third-order valence-electron chi connectivity index (χ3n) is 4.73. The number of hydrogen-bond acceptors (Lipinski definition) is 5. The first-order valence-corrected chi connectivity index (χ1v) is 9.32. The molecule has 6 nitrogen and oxygen atoms in total. The number of aromatic amines is 1. The van der Waals surface area contributed by atoms with Crippen molar-refractivity contribution in [3.63, 3.8) is 0 Å². The van der Waals surface area contributed by atoms with Gasteiger partial charge in [0, 0.05) is 25.2 Å². The van der Waals surface area contributed by atoms with E-state index < -0.39 is 0 Å². The maximum Gasteiger partial charge on any atom is 0.259 e. The van der Waals surface area contributed by atoms with Crippen molar-refractivity contribution in [1.82, 2.24) is 14.9 Å². The summed E-state index contributed by atoms with van der Waals surface area (Å²) >= 11 is 0. The van der Waals surface area contributed by atoms with E-state index in [-0.39, 0.29) is 5.56 Å². The Morgan fingerprint density at radius 1 is 1.07 bits per heavy atom. The van der Waals surface area contributed by atoms with Crippen molar-refractivity contribution in [2.45, 2.75) is 6.42 Å². The van der Waals surface area contributed by atoms with E-state index in [0.717, 1.165) is 50.6 Å². The lowest BCUT2D eigenvalue weighted by molar-refractivity contribution is 0.0358. The normalized spacial score (nSPS) is 15.1. The van der Waals surface area contributed by atoms with Gasteiger partial charge in [0.05, 0.1) is 30.7 Å². The minimum Gasteiger partial charge on any atom is -0.494 e. The highest BCUT2D eigenvalue weighted by molar-refractivity contribution is 5.79. The van der Waals surface area contributed by atoms with Crippen LogP contribution in [-0.2, 0) is 4.74 Å². The number of aromatic nitrogens is 2. The van der Waals surface area contributed by atoms with Gasteiger partial charge in [0.1, 0.15) is 11.6 Å². The number of morpholine rings is 1. The molecule has 0 unspecified atom stereocenters. The van der Waals surface area contributed by atoms with Crippen LogP contribution in [0.5, 0.6) is 5.75 Å². The summed E-state index contributed by atoms with van der Waals surface area (Å²) in [6, 6.07) is 15.0. The minimum absolute atomic E-state index is 0.126. The van der Waals surface area contributed by atoms with E-state index in [2.05, 4.69) is 14.9 Å². The quantitative estimate of drug-likeness (QED) is 0.680. The number of H-pyrrole nitrogens is 1. The first-order valence-electron chi connectivity index (χ1n) is 9.32.